The van der Waals surface area contributed by atoms with Crippen LogP contribution in [0.3, 0.4) is 0 Å². The lowest BCUT2D eigenvalue weighted by Gasteiger charge is -2.38. The maximum atomic E-state index is 11.3. The van der Waals surface area contributed by atoms with Crippen LogP contribution >= 0.6 is 0 Å². The number of hydrogen-bond acceptors (Lipinski definition) is 2. The van der Waals surface area contributed by atoms with Crippen LogP contribution in [-0.4, -0.2) is 16.9 Å². The van der Waals surface area contributed by atoms with Gasteiger partial charge in [-0.25, -0.2) is 0 Å². The van der Waals surface area contributed by atoms with Gasteiger partial charge in [0, 0.05) is 6.42 Å². The van der Waals surface area contributed by atoms with Gasteiger partial charge in [-0.2, -0.15) is 0 Å². The van der Waals surface area contributed by atoms with Crippen molar-refractivity contribution in [3.63, 3.8) is 0 Å². The van der Waals surface area contributed by atoms with Gasteiger partial charge >= 0.3 is 5.97 Å². The van der Waals surface area contributed by atoms with Crippen LogP contribution in [0, 0.1) is 5.41 Å². The molecule has 1 saturated carbocycles. The van der Waals surface area contributed by atoms with Crippen LogP contribution in [-0.2, 0) is 9.59 Å². The van der Waals surface area contributed by atoms with E-state index in [2.05, 4.69) is 0 Å². The number of ketones is 1. The molecule has 2 aliphatic carbocycles. The van der Waals surface area contributed by atoms with Gasteiger partial charge in [-0.05, 0) is 37.3 Å². The van der Waals surface area contributed by atoms with E-state index in [-0.39, 0.29) is 5.78 Å². The molecule has 3 heteroatoms. The second-order valence-corrected chi connectivity index (χ2v) is 4.23. The van der Waals surface area contributed by atoms with Gasteiger partial charge in [0.1, 0.15) is 0 Å². The Bertz CT molecular complexity index is 316. The number of aliphatic carboxylic acids is 1. The molecule has 0 heterocycles. The van der Waals surface area contributed by atoms with Crippen molar-refractivity contribution in [2.24, 2.45) is 5.41 Å². The van der Waals surface area contributed by atoms with Crippen molar-refractivity contribution in [2.45, 2.75) is 38.5 Å². The molecule has 0 amide bonds. The second kappa shape index (κ2) is 3.23. The van der Waals surface area contributed by atoms with E-state index < -0.39 is 11.4 Å². The molecule has 0 unspecified atom stereocenters. The summed E-state index contributed by atoms with van der Waals surface area (Å²) in [6, 6.07) is 0. The smallest absolute Gasteiger partial charge is 0.313 e. The van der Waals surface area contributed by atoms with Crippen LogP contribution in [0.5, 0.6) is 0 Å². The van der Waals surface area contributed by atoms with Crippen LogP contribution in [0.15, 0.2) is 11.6 Å². The lowest BCUT2D eigenvalue weighted by atomic mass is 9.65. The van der Waals surface area contributed by atoms with Crippen molar-refractivity contribution in [3.8, 4) is 0 Å². The monoisotopic (exact) mass is 194 g/mol. The number of allylic oxidation sites excluding steroid dienone is 1. The minimum absolute atomic E-state index is 0.0961. The molecule has 2 aliphatic rings. The summed E-state index contributed by atoms with van der Waals surface area (Å²) in [6.07, 6.45) is 5.98. The third-order valence-corrected chi connectivity index (χ3v) is 3.46. The summed E-state index contributed by atoms with van der Waals surface area (Å²) in [5, 5.41) is 9.26. The van der Waals surface area contributed by atoms with E-state index in [0.29, 0.717) is 19.3 Å². The van der Waals surface area contributed by atoms with Gasteiger partial charge in [0.2, 0.25) is 0 Å². The Morgan fingerprint density at radius 3 is 2.79 bits per heavy atom. The fourth-order valence-corrected chi connectivity index (χ4v) is 2.59. The molecule has 0 spiro atoms. The molecule has 0 bridgehead atoms. The Kier molecular flexibility index (Phi) is 2.17. The highest BCUT2D eigenvalue weighted by Crippen LogP contribution is 2.46. The fourth-order valence-electron chi connectivity index (χ4n) is 2.59. The highest BCUT2D eigenvalue weighted by molar-refractivity contribution is 5.95. The third-order valence-electron chi connectivity index (χ3n) is 3.46. The number of carboxylic acids is 1. The van der Waals surface area contributed by atoms with Crippen LogP contribution in [0.4, 0.5) is 0 Å². The average Bonchev–Trinajstić information content (AvgIpc) is 2.17. The van der Waals surface area contributed by atoms with E-state index >= 15 is 0 Å². The first-order valence-electron chi connectivity index (χ1n) is 5.12. The molecule has 1 fully saturated rings. The number of rotatable bonds is 1. The minimum Gasteiger partial charge on any atom is -0.481 e. The number of carbonyl (C=O) groups excluding carboxylic acids is 1. The number of carbonyl (C=O) groups is 2. The van der Waals surface area contributed by atoms with Gasteiger partial charge in [-0.15, -0.1) is 0 Å². The van der Waals surface area contributed by atoms with Gasteiger partial charge in [0.05, 0.1) is 5.41 Å². The Morgan fingerprint density at radius 2 is 2.07 bits per heavy atom. The Morgan fingerprint density at radius 1 is 1.29 bits per heavy atom. The molecular formula is C11H14O3. The Hall–Kier alpha value is -1.12. The first-order valence-corrected chi connectivity index (χ1v) is 5.12. The van der Waals surface area contributed by atoms with Crippen molar-refractivity contribution >= 4 is 11.8 Å². The summed E-state index contributed by atoms with van der Waals surface area (Å²) in [5.74, 6) is -0.644. The average molecular weight is 194 g/mol. The summed E-state index contributed by atoms with van der Waals surface area (Å²) in [4.78, 5) is 22.5. The molecule has 0 aromatic rings. The number of carboxylic acid groups (broad SMARTS) is 1. The SMILES string of the molecule is O=C1C=C2CCCC[C@@]2(C(=O)O)CC1. The van der Waals surface area contributed by atoms with E-state index in [0.717, 1.165) is 24.8 Å². The first-order chi connectivity index (χ1) is 6.65. The third kappa shape index (κ3) is 1.27. The lowest BCUT2D eigenvalue weighted by molar-refractivity contribution is -0.148. The maximum absolute atomic E-state index is 11.3. The summed E-state index contributed by atoms with van der Waals surface area (Å²) >= 11 is 0. The standard InChI is InChI=1S/C11H14O3/c12-9-4-6-11(10(13)14)5-2-1-3-8(11)7-9/h7H,1-6H2,(H,13,14)/t11-/m1/s1. The number of fused-ring (bicyclic) bond motifs is 1. The lowest BCUT2D eigenvalue weighted by Crippen LogP contribution is -2.38. The summed E-state index contributed by atoms with van der Waals surface area (Å²) < 4.78 is 0. The molecule has 0 aliphatic heterocycles. The number of hydrogen-bond donors (Lipinski definition) is 1. The molecule has 0 aromatic heterocycles. The van der Waals surface area contributed by atoms with E-state index in [1.807, 2.05) is 0 Å². The quantitative estimate of drug-likeness (QED) is 0.693. The largest absolute Gasteiger partial charge is 0.481 e. The normalized spacial score (nSPS) is 32.0. The van der Waals surface area contributed by atoms with Gasteiger partial charge in [0.15, 0.2) is 5.78 Å². The Labute approximate surface area is 82.8 Å². The molecule has 0 saturated heterocycles. The zero-order valence-electron chi connectivity index (χ0n) is 8.08. The molecule has 1 N–H and O–H groups in total. The van der Waals surface area contributed by atoms with Gasteiger partial charge < -0.3 is 5.11 Å². The summed E-state index contributed by atoms with van der Waals surface area (Å²) in [7, 11) is 0. The van der Waals surface area contributed by atoms with E-state index in [4.69, 9.17) is 0 Å². The van der Waals surface area contributed by atoms with Gasteiger partial charge in [-0.1, -0.05) is 6.42 Å². The van der Waals surface area contributed by atoms with E-state index in [1.165, 1.54) is 0 Å². The van der Waals surface area contributed by atoms with Crippen LogP contribution in [0.2, 0.25) is 0 Å². The topological polar surface area (TPSA) is 54.4 Å². The molecule has 14 heavy (non-hydrogen) atoms. The van der Waals surface area contributed by atoms with Crippen LogP contribution in [0.1, 0.15) is 38.5 Å². The zero-order chi connectivity index (χ0) is 10.2. The Balaban J connectivity index is 2.40. The van der Waals surface area contributed by atoms with Crippen molar-refractivity contribution in [1.29, 1.82) is 0 Å². The first kappa shape index (κ1) is 9.44. The predicted molar refractivity (Wildman–Crippen MR) is 50.9 cm³/mol. The van der Waals surface area contributed by atoms with Crippen molar-refractivity contribution in [3.05, 3.63) is 11.6 Å². The zero-order valence-corrected chi connectivity index (χ0v) is 8.08. The van der Waals surface area contributed by atoms with E-state index in [9.17, 15) is 14.7 Å². The van der Waals surface area contributed by atoms with Crippen LogP contribution < -0.4 is 0 Å². The highest BCUT2D eigenvalue weighted by atomic mass is 16.4. The van der Waals surface area contributed by atoms with Gasteiger partial charge in [-0.3, -0.25) is 9.59 Å². The van der Waals surface area contributed by atoms with Crippen molar-refractivity contribution in [1.82, 2.24) is 0 Å². The molecule has 1 atom stereocenters. The molecule has 76 valence electrons. The minimum atomic E-state index is -0.740. The van der Waals surface area contributed by atoms with Gasteiger partial charge in [0.25, 0.3) is 0 Å². The molecule has 0 aromatic carbocycles. The van der Waals surface area contributed by atoms with E-state index in [1.54, 1.807) is 6.08 Å². The molecular weight excluding hydrogens is 180 g/mol. The molecule has 3 nitrogen and oxygen atoms in total. The maximum Gasteiger partial charge on any atom is 0.313 e. The summed E-state index contributed by atoms with van der Waals surface area (Å²) in [5.41, 5.74) is 0.180. The molecule has 0 radical (unpaired) electrons. The van der Waals surface area contributed by atoms with Crippen molar-refractivity contribution < 1.29 is 14.7 Å². The highest BCUT2D eigenvalue weighted by Gasteiger charge is 2.45. The predicted octanol–water partition coefficient (Wildman–Crippen LogP) is 1.92. The summed E-state index contributed by atoms with van der Waals surface area (Å²) in [6.45, 7) is 0. The van der Waals surface area contributed by atoms with Crippen molar-refractivity contribution in [2.75, 3.05) is 0 Å². The second-order valence-electron chi connectivity index (χ2n) is 4.23. The van der Waals surface area contributed by atoms with Crippen LogP contribution in [0.25, 0.3) is 0 Å². The molecule has 2 rings (SSSR count). The fraction of sp³-hybridized carbons (Fsp3) is 0.636.